The summed E-state index contributed by atoms with van der Waals surface area (Å²) in [6.45, 7) is 1.71. The van der Waals surface area contributed by atoms with Crippen molar-refractivity contribution >= 4 is 12.0 Å². The van der Waals surface area contributed by atoms with Crippen LogP contribution in [0.25, 0.3) is 0 Å². The number of nitrogens with two attached hydrogens (primary N) is 1. The number of aliphatic carboxylic acids is 1. The highest BCUT2D eigenvalue weighted by Crippen LogP contribution is 2.28. The zero-order valence-corrected chi connectivity index (χ0v) is 7.56. The average Bonchev–Trinajstić information content (AvgIpc) is 2.68. The fourth-order valence-electron chi connectivity index (χ4n) is 1.46. The monoisotopic (exact) mass is 186 g/mol. The fraction of sp³-hybridized carbons (Fsp3) is 0.750. The summed E-state index contributed by atoms with van der Waals surface area (Å²) in [7, 11) is 0. The third-order valence-electron chi connectivity index (χ3n) is 2.14. The van der Waals surface area contributed by atoms with Crippen molar-refractivity contribution in [3.63, 3.8) is 0 Å². The maximum atomic E-state index is 11.0. The number of carboxylic acid groups (broad SMARTS) is 1. The molecule has 3 N–H and O–H groups in total. The molecule has 1 atom stereocenters. The molecule has 5 heteroatoms. The minimum atomic E-state index is -0.903. The second kappa shape index (κ2) is 3.64. The van der Waals surface area contributed by atoms with Gasteiger partial charge in [0.05, 0.1) is 6.42 Å². The van der Waals surface area contributed by atoms with Gasteiger partial charge in [-0.25, -0.2) is 4.79 Å². The highest BCUT2D eigenvalue weighted by atomic mass is 16.4. The smallest absolute Gasteiger partial charge is 0.315 e. The van der Waals surface area contributed by atoms with Crippen LogP contribution in [0.15, 0.2) is 0 Å². The molecule has 1 saturated carbocycles. The molecule has 1 fully saturated rings. The lowest BCUT2D eigenvalue weighted by Gasteiger charge is -2.26. The van der Waals surface area contributed by atoms with Crippen LogP contribution in [0.2, 0.25) is 0 Å². The second-order valence-electron chi connectivity index (χ2n) is 3.42. The van der Waals surface area contributed by atoms with Crippen LogP contribution >= 0.6 is 0 Å². The van der Waals surface area contributed by atoms with Crippen molar-refractivity contribution in [3.8, 4) is 0 Å². The van der Waals surface area contributed by atoms with Crippen LogP contribution in [-0.2, 0) is 4.79 Å². The lowest BCUT2D eigenvalue weighted by atomic mass is 10.2. The Bertz CT molecular complexity index is 225. The number of carboxylic acids is 1. The molecule has 1 unspecified atom stereocenters. The van der Waals surface area contributed by atoms with E-state index in [2.05, 4.69) is 0 Å². The largest absolute Gasteiger partial charge is 0.481 e. The summed E-state index contributed by atoms with van der Waals surface area (Å²) in [6, 6.07) is -0.648. The lowest BCUT2D eigenvalue weighted by molar-refractivity contribution is -0.138. The van der Waals surface area contributed by atoms with Crippen molar-refractivity contribution < 1.29 is 14.7 Å². The Morgan fingerprint density at radius 2 is 2.15 bits per heavy atom. The van der Waals surface area contributed by atoms with Gasteiger partial charge in [0.15, 0.2) is 0 Å². The third kappa shape index (κ3) is 2.61. The molecule has 0 saturated heterocycles. The zero-order valence-electron chi connectivity index (χ0n) is 7.56. The molecular weight excluding hydrogens is 172 g/mol. The van der Waals surface area contributed by atoms with Crippen molar-refractivity contribution in [1.82, 2.24) is 4.90 Å². The van der Waals surface area contributed by atoms with Crippen molar-refractivity contribution in [2.75, 3.05) is 0 Å². The van der Waals surface area contributed by atoms with Crippen LogP contribution in [0.4, 0.5) is 4.79 Å². The number of rotatable bonds is 4. The number of amides is 2. The molecule has 0 aliphatic heterocycles. The summed E-state index contributed by atoms with van der Waals surface area (Å²) in [6.07, 6.45) is 1.83. The number of carbonyl (C=O) groups excluding carboxylic acids is 1. The van der Waals surface area contributed by atoms with Crippen molar-refractivity contribution in [1.29, 1.82) is 0 Å². The molecule has 2 amide bonds. The Labute approximate surface area is 76.5 Å². The Kier molecular flexibility index (Phi) is 2.75. The van der Waals surface area contributed by atoms with Crippen molar-refractivity contribution in [2.45, 2.75) is 38.3 Å². The molecule has 0 spiro atoms. The average molecular weight is 186 g/mol. The summed E-state index contributed by atoms with van der Waals surface area (Å²) >= 11 is 0. The lowest BCUT2D eigenvalue weighted by Crippen LogP contribution is -2.44. The first-order valence-electron chi connectivity index (χ1n) is 4.32. The molecule has 0 heterocycles. The number of carbonyl (C=O) groups is 2. The van der Waals surface area contributed by atoms with Crippen LogP contribution in [-0.4, -0.2) is 34.1 Å². The molecule has 1 aliphatic carbocycles. The Hall–Kier alpha value is -1.26. The van der Waals surface area contributed by atoms with E-state index < -0.39 is 12.0 Å². The van der Waals surface area contributed by atoms with Gasteiger partial charge in [-0.05, 0) is 19.8 Å². The molecule has 0 bridgehead atoms. The van der Waals surface area contributed by atoms with Gasteiger partial charge in [-0.15, -0.1) is 0 Å². The van der Waals surface area contributed by atoms with E-state index in [0.29, 0.717) is 0 Å². The summed E-state index contributed by atoms with van der Waals surface area (Å²) < 4.78 is 0. The molecule has 0 aromatic carbocycles. The number of primary amides is 1. The molecule has 1 aliphatic rings. The van der Waals surface area contributed by atoms with Gasteiger partial charge < -0.3 is 15.7 Å². The SMILES string of the molecule is CC(CC(=O)O)N(C(N)=O)C1CC1. The van der Waals surface area contributed by atoms with E-state index in [0.717, 1.165) is 12.8 Å². The van der Waals surface area contributed by atoms with E-state index in [4.69, 9.17) is 10.8 Å². The number of hydrogen-bond acceptors (Lipinski definition) is 2. The first kappa shape index (κ1) is 9.83. The van der Waals surface area contributed by atoms with Gasteiger partial charge in [0, 0.05) is 12.1 Å². The number of hydrogen-bond donors (Lipinski definition) is 2. The van der Waals surface area contributed by atoms with E-state index in [1.54, 1.807) is 6.92 Å². The maximum Gasteiger partial charge on any atom is 0.315 e. The summed E-state index contributed by atoms with van der Waals surface area (Å²) in [5.74, 6) is -0.903. The Morgan fingerprint density at radius 3 is 2.46 bits per heavy atom. The standard InChI is InChI=1S/C8H14N2O3/c1-5(4-7(11)12)10(8(9)13)6-2-3-6/h5-6H,2-4H2,1H3,(H2,9,13)(H,11,12). The molecule has 74 valence electrons. The molecule has 5 nitrogen and oxygen atoms in total. The van der Waals surface area contributed by atoms with Crippen molar-refractivity contribution in [2.24, 2.45) is 5.73 Å². The second-order valence-corrected chi connectivity index (χ2v) is 3.42. The van der Waals surface area contributed by atoms with Crippen LogP contribution in [0.5, 0.6) is 0 Å². The van der Waals surface area contributed by atoms with E-state index in [1.165, 1.54) is 4.90 Å². The minimum Gasteiger partial charge on any atom is -0.481 e. The zero-order chi connectivity index (χ0) is 10.0. The van der Waals surface area contributed by atoms with Gasteiger partial charge in [-0.3, -0.25) is 4.79 Å². The highest BCUT2D eigenvalue weighted by molar-refractivity contribution is 5.74. The predicted octanol–water partition coefficient (Wildman–Crippen LogP) is 0.393. The maximum absolute atomic E-state index is 11.0. The van der Waals surface area contributed by atoms with Gasteiger partial charge in [0.2, 0.25) is 0 Å². The van der Waals surface area contributed by atoms with E-state index in [-0.39, 0.29) is 18.5 Å². The van der Waals surface area contributed by atoms with Crippen LogP contribution in [0.1, 0.15) is 26.2 Å². The van der Waals surface area contributed by atoms with Crippen LogP contribution in [0.3, 0.4) is 0 Å². The first-order chi connectivity index (χ1) is 6.02. The van der Waals surface area contributed by atoms with Gasteiger partial charge >= 0.3 is 12.0 Å². The van der Waals surface area contributed by atoms with E-state index >= 15 is 0 Å². The summed E-state index contributed by atoms with van der Waals surface area (Å²) in [5.41, 5.74) is 5.15. The normalized spacial score (nSPS) is 17.9. The van der Waals surface area contributed by atoms with Gasteiger partial charge in [0.1, 0.15) is 0 Å². The number of nitrogens with zero attached hydrogens (tertiary/aromatic N) is 1. The van der Waals surface area contributed by atoms with Crippen molar-refractivity contribution in [3.05, 3.63) is 0 Å². The third-order valence-corrected chi connectivity index (χ3v) is 2.14. The van der Waals surface area contributed by atoms with Crippen LogP contribution in [0, 0.1) is 0 Å². The Morgan fingerprint density at radius 1 is 1.62 bits per heavy atom. The molecule has 13 heavy (non-hydrogen) atoms. The highest BCUT2D eigenvalue weighted by Gasteiger charge is 2.35. The first-order valence-corrected chi connectivity index (χ1v) is 4.32. The quantitative estimate of drug-likeness (QED) is 0.666. The predicted molar refractivity (Wildman–Crippen MR) is 46.2 cm³/mol. The summed E-state index contributed by atoms with van der Waals surface area (Å²) in [4.78, 5) is 22.8. The van der Waals surface area contributed by atoms with Gasteiger partial charge in [-0.2, -0.15) is 0 Å². The van der Waals surface area contributed by atoms with E-state index in [9.17, 15) is 9.59 Å². The summed E-state index contributed by atoms with van der Waals surface area (Å²) in [5, 5.41) is 8.54. The molecular formula is C8H14N2O3. The molecule has 0 aromatic rings. The van der Waals surface area contributed by atoms with Gasteiger partial charge in [-0.1, -0.05) is 0 Å². The molecule has 0 radical (unpaired) electrons. The Balaban J connectivity index is 2.53. The van der Waals surface area contributed by atoms with Crippen LogP contribution < -0.4 is 5.73 Å². The number of urea groups is 1. The topological polar surface area (TPSA) is 83.6 Å². The van der Waals surface area contributed by atoms with Gasteiger partial charge in [0.25, 0.3) is 0 Å². The molecule has 1 rings (SSSR count). The molecule has 0 aromatic heterocycles. The minimum absolute atomic E-state index is 0.0422. The van der Waals surface area contributed by atoms with E-state index in [1.807, 2.05) is 0 Å². The fourth-order valence-corrected chi connectivity index (χ4v) is 1.46.